The van der Waals surface area contributed by atoms with Gasteiger partial charge in [0.25, 0.3) is 11.7 Å². The first-order valence-corrected chi connectivity index (χ1v) is 12.0. The van der Waals surface area contributed by atoms with Crippen molar-refractivity contribution in [3.05, 3.63) is 71.7 Å². The van der Waals surface area contributed by atoms with E-state index in [9.17, 15) is 23.6 Å². The number of hydrogen-bond acceptors (Lipinski definition) is 4. The molecule has 1 saturated heterocycles. The minimum Gasteiger partial charge on any atom is -0.352 e. The zero-order valence-corrected chi connectivity index (χ0v) is 21.7. The van der Waals surface area contributed by atoms with Crippen molar-refractivity contribution in [3.8, 4) is 0 Å². The standard InChI is InChI=1S/C27H29FN6O4/c1-30(2)26(37)29-24(18-9-6-5-7-10-18)32-13-15-33(16-14-32)25(36)23(35)19-17-34(27(38)31(3)4)21-12-8-11-20(28)22(19)21/h5-12,17H,13-16H2,1-4H3/b29-24+. The first kappa shape index (κ1) is 26.5. The van der Waals surface area contributed by atoms with Crippen molar-refractivity contribution in [1.82, 2.24) is 24.2 Å². The quantitative estimate of drug-likeness (QED) is 0.229. The number of rotatable bonds is 3. The molecular weight excluding hydrogens is 491 g/mol. The van der Waals surface area contributed by atoms with E-state index in [-0.39, 0.29) is 29.6 Å². The second-order valence-electron chi connectivity index (χ2n) is 9.31. The van der Waals surface area contributed by atoms with Crippen LogP contribution in [-0.2, 0) is 4.79 Å². The van der Waals surface area contributed by atoms with E-state index in [0.29, 0.717) is 18.9 Å². The number of amides is 4. The predicted octanol–water partition coefficient (Wildman–Crippen LogP) is 2.77. The van der Waals surface area contributed by atoms with E-state index in [1.807, 2.05) is 35.2 Å². The SMILES string of the molecule is CN(C)C(=O)/N=C(\c1ccccc1)N1CCN(C(=O)C(=O)c2cn(C(=O)N(C)C)c3cccc(F)c23)CC1. The summed E-state index contributed by atoms with van der Waals surface area (Å²) in [5, 5.41) is -0.0691. The van der Waals surface area contributed by atoms with Crippen LogP contribution in [0.1, 0.15) is 15.9 Å². The fourth-order valence-corrected chi connectivity index (χ4v) is 4.27. The number of urea groups is 1. The van der Waals surface area contributed by atoms with Crippen LogP contribution in [0.4, 0.5) is 14.0 Å². The van der Waals surface area contributed by atoms with Gasteiger partial charge in [0.15, 0.2) is 0 Å². The molecule has 10 nitrogen and oxygen atoms in total. The summed E-state index contributed by atoms with van der Waals surface area (Å²) in [6.45, 7) is 1.07. The minimum absolute atomic E-state index is 0.0691. The smallest absolute Gasteiger partial charge is 0.344 e. The Hall–Kier alpha value is -4.54. The molecule has 0 aliphatic carbocycles. The third-order valence-corrected chi connectivity index (χ3v) is 6.29. The van der Waals surface area contributed by atoms with Gasteiger partial charge in [-0.05, 0) is 12.1 Å². The van der Waals surface area contributed by atoms with Gasteiger partial charge in [0.05, 0.1) is 11.1 Å². The summed E-state index contributed by atoms with van der Waals surface area (Å²) >= 11 is 0. The molecule has 1 fully saturated rings. The van der Waals surface area contributed by atoms with Gasteiger partial charge >= 0.3 is 12.1 Å². The lowest BCUT2D eigenvalue weighted by molar-refractivity contribution is -0.127. The Bertz CT molecular complexity index is 1420. The highest BCUT2D eigenvalue weighted by atomic mass is 19.1. The Labute approximate surface area is 219 Å². The molecule has 1 aromatic heterocycles. The first-order chi connectivity index (χ1) is 18.1. The van der Waals surface area contributed by atoms with E-state index in [4.69, 9.17) is 0 Å². The zero-order chi connectivity index (χ0) is 27.6. The predicted molar refractivity (Wildman–Crippen MR) is 141 cm³/mol. The largest absolute Gasteiger partial charge is 0.352 e. The van der Waals surface area contributed by atoms with Gasteiger partial charge in [-0.1, -0.05) is 36.4 Å². The molecule has 0 radical (unpaired) electrons. The first-order valence-electron chi connectivity index (χ1n) is 12.0. The average molecular weight is 521 g/mol. The molecule has 2 heterocycles. The van der Waals surface area contributed by atoms with E-state index < -0.39 is 29.6 Å². The monoisotopic (exact) mass is 520 g/mol. The number of carbonyl (C=O) groups is 4. The van der Waals surface area contributed by atoms with Crippen molar-refractivity contribution < 1.29 is 23.6 Å². The molecule has 11 heteroatoms. The molecule has 38 heavy (non-hydrogen) atoms. The number of hydrogen-bond donors (Lipinski definition) is 0. The molecule has 0 N–H and O–H groups in total. The van der Waals surface area contributed by atoms with Crippen molar-refractivity contribution >= 4 is 40.5 Å². The third kappa shape index (κ3) is 5.13. The molecule has 1 aliphatic heterocycles. The molecule has 4 rings (SSSR count). The maximum Gasteiger partial charge on any atom is 0.344 e. The lowest BCUT2D eigenvalue weighted by atomic mass is 10.1. The Morgan fingerprint density at radius 3 is 2.05 bits per heavy atom. The maximum atomic E-state index is 14.8. The van der Waals surface area contributed by atoms with Gasteiger partial charge < -0.3 is 19.6 Å². The van der Waals surface area contributed by atoms with Crippen LogP contribution in [0, 0.1) is 5.82 Å². The summed E-state index contributed by atoms with van der Waals surface area (Å²) in [7, 11) is 6.31. The molecule has 3 aromatic rings. The molecule has 4 amide bonds. The minimum atomic E-state index is -0.890. The molecule has 0 unspecified atom stereocenters. The second-order valence-corrected chi connectivity index (χ2v) is 9.31. The molecule has 0 atom stereocenters. The number of nitrogens with zero attached hydrogens (tertiary/aromatic N) is 6. The molecular formula is C27H29FN6O4. The lowest BCUT2D eigenvalue weighted by Crippen LogP contribution is -2.52. The van der Waals surface area contributed by atoms with Gasteiger partial charge in [0.1, 0.15) is 11.7 Å². The van der Waals surface area contributed by atoms with Crippen LogP contribution in [0.2, 0.25) is 0 Å². The summed E-state index contributed by atoms with van der Waals surface area (Å²) in [5.74, 6) is -1.89. The number of aliphatic imine (C=N–C) groups is 1. The zero-order valence-electron chi connectivity index (χ0n) is 21.7. The highest BCUT2D eigenvalue weighted by Crippen LogP contribution is 2.26. The second kappa shape index (κ2) is 10.8. The van der Waals surface area contributed by atoms with Gasteiger partial charge in [-0.2, -0.15) is 4.99 Å². The third-order valence-electron chi connectivity index (χ3n) is 6.29. The van der Waals surface area contributed by atoms with Gasteiger partial charge in [0, 0.05) is 71.5 Å². The Balaban J connectivity index is 1.57. The van der Waals surface area contributed by atoms with E-state index in [0.717, 1.165) is 5.56 Å². The number of amidine groups is 1. The van der Waals surface area contributed by atoms with Crippen molar-refractivity contribution in [2.45, 2.75) is 0 Å². The van der Waals surface area contributed by atoms with Gasteiger partial charge in [0.2, 0.25) is 0 Å². The topological polar surface area (TPSA) is 98.5 Å². The number of piperazine rings is 1. The molecule has 0 saturated carbocycles. The van der Waals surface area contributed by atoms with Crippen LogP contribution in [-0.4, -0.2) is 108 Å². The van der Waals surface area contributed by atoms with Gasteiger partial charge in [-0.15, -0.1) is 0 Å². The van der Waals surface area contributed by atoms with Gasteiger partial charge in [-0.3, -0.25) is 14.2 Å². The number of ketones is 1. The molecule has 0 spiro atoms. The summed E-state index contributed by atoms with van der Waals surface area (Å²) in [4.78, 5) is 61.7. The Morgan fingerprint density at radius 2 is 1.45 bits per heavy atom. The Morgan fingerprint density at radius 1 is 0.816 bits per heavy atom. The fourth-order valence-electron chi connectivity index (χ4n) is 4.27. The van der Waals surface area contributed by atoms with Crippen LogP contribution < -0.4 is 0 Å². The van der Waals surface area contributed by atoms with Crippen molar-refractivity contribution in [2.24, 2.45) is 4.99 Å². The van der Waals surface area contributed by atoms with E-state index in [1.54, 1.807) is 28.2 Å². The van der Waals surface area contributed by atoms with E-state index in [2.05, 4.69) is 4.99 Å². The number of benzene rings is 2. The number of Topliss-reactive ketones (excluding diaryl/α,β-unsaturated/α-hetero) is 1. The van der Waals surface area contributed by atoms with Crippen molar-refractivity contribution in [3.63, 3.8) is 0 Å². The lowest BCUT2D eigenvalue weighted by Gasteiger charge is -2.36. The van der Waals surface area contributed by atoms with E-state index in [1.165, 1.54) is 43.7 Å². The molecule has 1 aliphatic rings. The highest BCUT2D eigenvalue weighted by Gasteiger charge is 2.32. The summed E-state index contributed by atoms with van der Waals surface area (Å²) in [6.07, 6.45) is 1.22. The van der Waals surface area contributed by atoms with Crippen LogP contribution in [0.5, 0.6) is 0 Å². The fraction of sp³-hybridized carbons (Fsp3) is 0.296. The molecule has 198 valence electrons. The maximum absolute atomic E-state index is 14.8. The van der Waals surface area contributed by atoms with Crippen molar-refractivity contribution in [1.29, 1.82) is 0 Å². The van der Waals surface area contributed by atoms with Crippen LogP contribution in [0.3, 0.4) is 0 Å². The number of carbonyl (C=O) groups excluding carboxylic acids is 4. The normalized spacial score (nSPS) is 14.0. The average Bonchev–Trinajstić information content (AvgIpc) is 3.31. The number of aromatic nitrogens is 1. The number of halogens is 1. The van der Waals surface area contributed by atoms with E-state index >= 15 is 0 Å². The summed E-state index contributed by atoms with van der Waals surface area (Å²) < 4.78 is 16.0. The van der Waals surface area contributed by atoms with Crippen LogP contribution >= 0.6 is 0 Å². The summed E-state index contributed by atoms with van der Waals surface area (Å²) in [6, 6.07) is 12.5. The highest BCUT2D eigenvalue weighted by molar-refractivity contribution is 6.45. The number of fused-ring (bicyclic) bond motifs is 1. The molecule has 0 bridgehead atoms. The van der Waals surface area contributed by atoms with Crippen LogP contribution in [0.25, 0.3) is 10.9 Å². The summed E-state index contributed by atoms with van der Waals surface area (Å²) in [5.41, 5.74) is 0.801. The van der Waals surface area contributed by atoms with Crippen molar-refractivity contribution in [2.75, 3.05) is 54.4 Å². The van der Waals surface area contributed by atoms with Crippen LogP contribution in [0.15, 0.2) is 59.7 Å². The van der Waals surface area contributed by atoms with Gasteiger partial charge in [-0.25, -0.2) is 14.0 Å². The molecule has 2 aromatic carbocycles. The Kier molecular flexibility index (Phi) is 7.56.